The largest absolute Gasteiger partial charge is 0.340 e. The lowest BCUT2D eigenvalue weighted by atomic mass is 10.2. The molecular formula is C19H20N4OS. The van der Waals surface area contributed by atoms with Gasteiger partial charge in [0, 0.05) is 12.7 Å². The minimum atomic E-state index is 0.0459. The minimum absolute atomic E-state index is 0.0459. The van der Waals surface area contributed by atoms with Gasteiger partial charge in [0.1, 0.15) is 5.82 Å². The van der Waals surface area contributed by atoms with Crippen LogP contribution < -0.4 is 0 Å². The van der Waals surface area contributed by atoms with Gasteiger partial charge in [-0.2, -0.15) is 0 Å². The quantitative estimate of drug-likeness (QED) is 0.727. The van der Waals surface area contributed by atoms with Crippen molar-refractivity contribution in [1.29, 1.82) is 0 Å². The maximum absolute atomic E-state index is 12.7. The molecule has 1 amide bonds. The van der Waals surface area contributed by atoms with Crippen LogP contribution >= 0.6 is 11.8 Å². The van der Waals surface area contributed by atoms with Crippen molar-refractivity contribution in [2.75, 3.05) is 12.3 Å². The summed E-state index contributed by atoms with van der Waals surface area (Å²) in [5, 5.41) is 0.880. The van der Waals surface area contributed by atoms with E-state index in [2.05, 4.69) is 29.0 Å². The molecule has 0 saturated carbocycles. The van der Waals surface area contributed by atoms with E-state index < -0.39 is 0 Å². The normalized spacial score (nSPS) is 17.3. The zero-order valence-electron chi connectivity index (χ0n) is 14.1. The van der Waals surface area contributed by atoms with Crippen molar-refractivity contribution in [3.8, 4) is 0 Å². The van der Waals surface area contributed by atoms with Crippen molar-refractivity contribution in [3.05, 3.63) is 54.0 Å². The number of aromatic nitrogens is 3. The second-order valence-electron chi connectivity index (χ2n) is 6.34. The Kier molecular flexibility index (Phi) is 4.44. The number of benzene rings is 1. The van der Waals surface area contributed by atoms with Crippen molar-refractivity contribution in [2.45, 2.75) is 30.8 Å². The Bertz CT molecular complexity index is 893. The van der Waals surface area contributed by atoms with E-state index in [-0.39, 0.29) is 11.9 Å². The Balaban J connectivity index is 1.50. The van der Waals surface area contributed by atoms with E-state index in [1.54, 1.807) is 6.20 Å². The van der Waals surface area contributed by atoms with Crippen molar-refractivity contribution >= 4 is 28.7 Å². The average molecular weight is 352 g/mol. The summed E-state index contributed by atoms with van der Waals surface area (Å²) in [6, 6.07) is 12.0. The Morgan fingerprint density at radius 3 is 3.12 bits per heavy atom. The van der Waals surface area contributed by atoms with E-state index in [1.807, 2.05) is 29.2 Å². The average Bonchev–Trinajstić information content (AvgIpc) is 3.26. The molecule has 3 aromatic rings. The summed E-state index contributed by atoms with van der Waals surface area (Å²) in [4.78, 5) is 27.1. The molecular weight excluding hydrogens is 332 g/mol. The number of hydrogen-bond donors (Lipinski definition) is 1. The summed E-state index contributed by atoms with van der Waals surface area (Å²) in [5.74, 6) is 1.46. The van der Waals surface area contributed by atoms with Crippen LogP contribution in [0.4, 0.5) is 0 Å². The Labute approximate surface area is 150 Å². The summed E-state index contributed by atoms with van der Waals surface area (Å²) in [6.07, 6.45) is 3.72. The summed E-state index contributed by atoms with van der Waals surface area (Å²) in [6.45, 7) is 2.86. The lowest BCUT2D eigenvalue weighted by Crippen LogP contribution is -2.32. The third-order valence-corrected chi connectivity index (χ3v) is 5.45. The van der Waals surface area contributed by atoms with Crippen LogP contribution in [0.15, 0.2) is 47.6 Å². The van der Waals surface area contributed by atoms with Crippen molar-refractivity contribution in [1.82, 2.24) is 19.9 Å². The predicted molar refractivity (Wildman–Crippen MR) is 99.5 cm³/mol. The predicted octanol–water partition coefficient (Wildman–Crippen LogP) is 3.72. The number of H-pyrrole nitrogens is 1. The monoisotopic (exact) mass is 352 g/mol. The molecule has 25 heavy (non-hydrogen) atoms. The fraction of sp³-hybridized carbons (Fsp3) is 0.316. The van der Waals surface area contributed by atoms with Gasteiger partial charge in [-0.15, -0.1) is 0 Å². The van der Waals surface area contributed by atoms with E-state index >= 15 is 0 Å². The number of fused-ring (bicyclic) bond motifs is 1. The lowest BCUT2D eigenvalue weighted by Gasteiger charge is -2.23. The molecule has 0 spiro atoms. The molecule has 4 rings (SSSR count). The maximum atomic E-state index is 12.7. The van der Waals surface area contributed by atoms with Gasteiger partial charge in [-0.3, -0.25) is 4.79 Å². The van der Waals surface area contributed by atoms with Crippen LogP contribution in [0.3, 0.4) is 0 Å². The Morgan fingerprint density at radius 2 is 2.28 bits per heavy atom. The van der Waals surface area contributed by atoms with E-state index in [1.165, 1.54) is 17.3 Å². The van der Waals surface area contributed by atoms with Gasteiger partial charge in [0.05, 0.1) is 27.9 Å². The standard InChI is InChI=1S/C19H20N4OS/c1-13-7-8-14-15(11-13)22-19(21-14)16-5-4-10-23(16)18(24)12-25-17-6-2-3-9-20-17/h2-3,6-9,11,16H,4-5,10,12H2,1H3,(H,21,22)/t16-/m0/s1. The summed E-state index contributed by atoms with van der Waals surface area (Å²) < 4.78 is 0. The molecule has 2 aromatic heterocycles. The highest BCUT2D eigenvalue weighted by Gasteiger charge is 2.32. The van der Waals surface area contributed by atoms with Gasteiger partial charge in [-0.1, -0.05) is 23.9 Å². The highest BCUT2D eigenvalue weighted by molar-refractivity contribution is 7.99. The van der Waals surface area contributed by atoms with Gasteiger partial charge in [0.25, 0.3) is 0 Å². The van der Waals surface area contributed by atoms with Crippen LogP contribution in [0.25, 0.3) is 11.0 Å². The molecule has 128 valence electrons. The van der Waals surface area contributed by atoms with E-state index in [9.17, 15) is 4.79 Å². The van der Waals surface area contributed by atoms with Gasteiger partial charge in [-0.25, -0.2) is 9.97 Å². The number of rotatable bonds is 4. The number of hydrogen-bond acceptors (Lipinski definition) is 4. The van der Waals surface area contributed by atoms with Gasteiger partial charge < -0.3 is 9.88 Å². The second-order valence-corrected chi connectivity index (χ2v) is 7.34. The van der Waals surface area contributed by atoms with E-state index in [4.69, 9.17) is 4.98 Å². The van der Waals surface area contributed by atoms with Crippen LogP contribution in [0.1, 0.15) is 30.3 Å². The number of pyridine rings is 1. The van der Waals surface area contributed by atoms with Crippen molar-refractivity contribution < 1.29 is 4.79 Å². The summed E-state index contributed by atoms with van der Waals surface area (Å²) in [5.41, 5.74) is 3.20. The fourth-order valence-corrected chi connectivity index (χ4v) is 4.05. The molecule has 0 radical (unpaired) electrons. The number of carbonyl (C=O) groups excluding carboxylic acids is 1. The SMILES string of the molecule is Cc1ccc2nc([C@@H]3CCCN3C(=O)CSc3ccccn3)[nH]c2c1. The van der Waals surface area contributed by atoms with Gasteiger partial charge in [0.15, 0.2) is 0 Å². The molecule has 0 unspecified atom stereocenters. The number of nitrogens with one attached hydrogen (secondary N) is 1. The van der Waals surface area contributed by atoms with Gasteiger partial charge in [0.2, 0.25) is 5.91 Å². The van der Waals surface area contributed by atoms with Crippen LogP contribution in [0, 0.1) is 6.92 Å². The first-order chi connectivity index (χ1) is 12.2. The van der Waals surface area contributed by atoms with Crippen LogP contribution in [-0.4, -0.2) is 38.1 Å². The van der Waals surface area contributed by atoms with Gasteiger partial charge in [-0.05, 0) is 49.6 Å². The molecule has 1 aromatic carbocycles. The summed E-state index contributed by atoms with van der Waals surface area (Å²) >= 11 is 1.49. The second kappa shape index (κ2) is 6.88. The lowest BCUT2D eigenvalue weighted by molar-refractivity contribution is -0.129. The number of likely N-dealkylation sites (tertiary alicyclic amines) is 1. The molecule has 1 fully saturated rings. The number of amides is 1. The molecule has 5 nitrogen and oxygen atoms in total. The third-order valence-electron chi connectivity index (χ3n) is 4.53. The minimum Gasteiger partial charge on any atom is -0.340 e. The fourth-order valence-electron chi connectivity index (χ4n) is 3.30. The Hall–Kier alpha value is -2.34. The first kappa shape index (κ1) is 16.1. The first-order valence-electron chi connectivity index (χ1n) is 8.50. The highest BCUT2D eigenvalue weighted by atomic mass is 32.2. The molecule has 6 heteroatoms. The number of aromatic amines is 1. The van der Waals surface area contributed by atoms with Gasteiger partial charge >= 0.3 is 0 Å². The van der Waals surface area contributed by atoms with E-state index in [0.29, 0.717) is 5.75 Å². The maximum Gasteiger partial charge on any atom is 0.233 e. The smallest absolute Gasteiger partial charge is 0.233 e. The molecule has 0 bridgehead atoms. The van der Waals surface area contributed by atoms with Crippen LogP contribution in [-0.2, 0) is 4.79 Å². The molecule has 1 atom stereocenters. The zero-order valence-corrected chi connectivity index (χ0v) is 14.9. The van der Waals surface area contributed by atoms with Crippen molar-refractivity contribution in [2.24, 2.45) is 0 Å². The first-order valence-corrected chi connectivity index (χ1v) is 9.49. The zero-order chi connectivity index (χ0) is 17.2. The molecule has 1 aliphatic heterocycles. The number of carbonyl (C=O) groups is 1. The number of imidazole rings is 1. The number of aryl methyl sites for hydroxylation is 1. The van der Waals surface area contributed by atoms with Crippen LogP contribution in [0.5, 0.6) is 0 Å². The van der Waals surface area contributed by atoms with Crippen molar-refractivity contribution in [3.63, 3.8) is 0 Å². The molecule has 3 heterocycles. The van der Waals surface area contributed by atoms with Crippen LogP contribution in [0.2, 0.25) is 0 Å². The molecule has 1 aliphatic rings. The molecule has 1 saturated heterocycles. The Morgan fingerprint density at radius 1 is 1.36 bits per heavy atom. The molecule has 0 aliphatic carbocycles. The summed E-state index contributed by atoms with van der Waals surface area (Å²) in [7, 11) is 0. The highest BCUT2D eigenvalue weighted by Crippen LogP contribution is 2.32. The molecule has 1 N–H and O–H groups in total. The topological polar surface area (TPSA) is 61.9 Å². The number of nitrogens with zero attached hydrogens (tertiary/aromatic N) is 3. The third kappa shape index (κ3) is 3.39. The number of thioether (sulfide) groups is 1. The van der Waals surface area contributed by atoms with E-state index in [0.717, 1.165) is 41.3 Å².